The number of benzene rings is 2. The van der Waals surface area contributed by atoms with Gasteiger partial charge in [-0.25, -0.2) is 0 Å². The van der Waals surface area contributed by atoms with Crippen molar-refractivity contribution in [2.24, 2.45) is 5.92 Å². The summed E-state index contributed by atoms with van der Waals surface area (Å²) in [6, 6.07) is 13.3. The van der Waals surface area contributed by atoms with Gasteiger partial charge in [0.15, 0.2) is 0 Å². The van der Waals surface area contributed by atoms with Crippen LogP contribution in [0.25, 0.3) is 0 Å². The van der Waals surface area contributed by atoms with Gasteiger partial charge in [0.25, 0.3) is 0 Å². The molecule has 0 saturated carbocycles. The Morgan fingerprint density at radius 3 is 2.43 bits per heavy atom. The number of fused-ring (bicyclic) bond motifs is 3. The summed E-state index contributed by atoms with van der Waals surface area (Å²) in [5.74, 6) is 1.43. The topological polar surface area (TPSA) is 29.5 Å². The quantitative estimate of drug-likeness (QED) is 0.432. The number of nitrogens with zero attached hydrogens (tertiary/aromatic N) is 1. The van der Waals surface area contributed by atoms with E-state index in [2.05, 4.69) is 57.8 Å². The molecule has 4 rings (SSSR count). The summed E-state index contributed by atoms with van der Waals surface area (Å²) in [5, 5.41) is 0. The van der Waals surface area contributed by atoms with Crippen LogP contribution in [-0.4, -0.2) is 56.0 Å². The van der Waals surface area contributed by atoms with Gasteiger partial charge in [-0.2, -0.15) is 0 Å². The van der Waals surface area contributed by atoms with Crippen LogP contribution >= 0.6 is 0 Å². The predicted octanol–water partition coefficient (Wildman–Crippen LogP) is 4.90. The van der Waals surface area contributed by atoms with Crippen LogP contribution in [0.3, 0.4) is 0 Å². The molecule has 1 aliphatic carbocycles. The van der Waals surface area contributed by atoms with E-state index in [0.717, 1.165) is 6.54 Å². The zero-order valence-electron chi connectivity index (χ0n) is 19.3. The van der Waals surface area contributed by atoms with E-state index >= 15 is 0 Å². The average molecular weight is 512 g/mol. The Labute approximate surface area is 185 Å². The number of likely N-dealkylation sites (N-methyl/N-ethyl adjacent to an activating group) is 1. The van der Waals surface area contributed by atoms with Crippen molar-refractivity contribution in [3.8, 4) is 0 Å². The number of likely N-dealkylation sites (tertiary alicyclic amines) is 1. The van der Waals surface area contributed by atoms with Crippen LogP contribution in [0.1, 0.15) is 57.8 Å². The first-order chi connectivity index (χ1) is 14.2. The predicted molar refractivity (Wildman–Crippen MR) is 127 cm³/mol. The van der Waals surface area contributed by atoms with Crippen molar-refractivity contribution >= 4 is 27.9 Å². The van der Waals surface area contributed by atoms with E-state index in [1.165, 1.54) is 43.3 Å². The number of carbonyl (C=O) groups is 1. The Morgan fingerprint density at radius 2 is 1.83 bits per heavy atom. The molecule has 1 fully saturated rings. The normalized spacial score (nSPS) is 23.7. The maximum atomic E-state index is 11.9. The van der Waals surface area contributed by atoms with Crippen molar-refractivity contribution in [1.29, 1.82) is 0 Å². The van der Waals surface area contributed by atoms with Crippen molar-refractivity contribution in [1.82, 2.24) is 4.90 Å². The van der Waals surface area contributed by atoms with E-state index in [4.69, 9.17) is 4.74 Å². The third kappa shape index (κ3) is 3.84. The second-order valence-electron chi connectivity index (χ2n) is 10.1. The molecule has 0 aromatic heterocycles. The van der Waals surface area contributed by atoms with E-state index in [-0.39, 0.29) is 5.97 Å². The van der Waals surface area contributed by atoms with Crippen LogP contribution < -0.4 is 3.58 Å². The first-order valence-corrected chi connectivity index (χ1v) is 21.3. The van der Waals surface area contributed by atoms with Gasteiger partial charge < -0.3 is 0 Å². The first-order valence-electron chi connectivity index (χ1n) is 11.3. The van der Waals surface area contributed by atoms with E-state index in [0.29, 0.717) is 23.3 Å². The van der Waals surface area contributed by atoms with Crippen molar-refractivity contribution in [3.05, 3.63) is 64.2 Å². The number of carbonyl (C=O) groups excluding carboxylic acids is 1. The fraction of sp³-hybridized carbons (Fsp3) is 0.500. The molecule has 1 heterocycles. The summed E-state index contributed by atoms with van der Waals surface area (Å²) in [7, 11) is 1.44. The van der Waals surface area contributed by atoms with Gasteiger partial charge in [0.1, 0.15) is 0 Å². The molecule has 2 aromatic carbocycles. The minimum absolute atomic E-state index is 0.263. The van der Waals surface area contributed by atoms with Gasteiger partial charge in [0.2, 0.25) is 0 Å². The molecule has 160 valence electrons. The van der Waals surface area contributed by atoms with E-state index in [9.17, 15) is 4.79 Å². The summed E-state index contributed by atoms with van der Waals surface area (Å²) in [6.45, 7) is 8.09. The molecule has 0 N–H and O–H groups in total. The zero-order chi connectivity index (χ0) is 21.6. The number of aryl methyl sites for hydroxylation is 1. The molecule has 3 atom stereocenters. The SMILES string of the molecule is CCN1CCC2C(c3ccc(C(=O)OC)cc3)c3cc(C)[c]([Sn]([CH3])([CH3])[CH3])cc3[C@H]2C1. The number of rotatable bonds is 4. The fourth-order valence-electron chi connectivity index (χ4n) is 5.80. The maximum absolute atomic E-state index is 11.9. The van der Waals surface area contributed by atoms with Crippen LogP contribution in [0.2, 0.25) is 14.8 Å². The molecule has 3 nitrogen and oxygen atoms in total. The Bertz CT molecular complexity index is 945. The molecule has 0 amide bonds. The monoisotopic (exact) mass is 513 g/mol. The third-order valence-electron chi connectivity index (χ3n) is 7.29. The van der Waals surface area contributed by atoms with Gasteiger partial charge in [-0.3, -0.25) is 0 Å². The second-order valence-corrected chi connectivity index (χ2v) is 24.5. The summed E-state index contributed by atoms with van der Waals surface area (Å²) < 4.78 is 6.57. The van der Waals surface area contributed by atoms with Gasteiger partial charge in [-0.15, -0.1) is 0 Å². The number of esters is 1. The van der Waals surface area contributed by atoms with Crippen LogP contribution in [-0.2, 0) is 4.74 Å². The Hall–Kier alpha value is -1.33. The van der Waals surface area contributed by atoms with Gasteiger partial charge in [0, 0.05) is 0 Å². The van der Waals surface area contributed by atoms with Crippen LogP contribution in [0.15, 0.2) is 36.4 Å². The number of hydrogen-bond donors (Lipinski definition) is 0. The summed E-state index contributed by atoms with van der Waals surface area (Å²) in [5.41, 5.74) is 6.59. The molecule has 30 heavy (non-hydrogen) atoms. The molecule has 1 aliphatic heterocycles. The van der Waals surface area contributed by atoms with E-state index < -0.39 is 18.4 Å². The van der Waals surface area contributed by atoms with Crippen molar-refractivity contribution in [2.45, 2.75) is 46.9 Å². The van der Waals surface area contributed by atoms with Crippen LogP contribution in [0.5, 0.6) is 0 Å². The second kappa shape index (κ2) is 8.31. The number of piperidine rings is 1. The molecule has 4 heteroatoms. The Kier molecular flexibility index (Phi) is 6.06. The standard InChI is InChI=1S/C23H26NO2.3CH3.Sn/c1-4-24-12-11-19-21(14-24)18-10-5-15(2)13-20(18)22(19)16-6-8-17(9-7-16)23(25)26-3;;;;/h6-10,13,19,21-22H,4,11-12,14H2,1-3H3;3*1H3;/t19?,21-,22?;;;;/m1..../s1. The van der Waals surface area contributed by atoms with Gasteiger partial charge >= 0.3 is 186 Å². The van der Waals surface area contributed by atoms with Gasteiger partial charge in [-0.05, 0) is 0 Å². The van der Waals surface area contributed by atoms with Crippen LogP contribution in [0, 0.1) is 12.8 Å². The minimum atomic E-state index is -2.18. The third-order valence-corrected chi connectivity index (χ3v) is 13.4. The summed E-state index contributed by atoms with van der Waals surface area (Å²) >= 11 is -2.18. The molecule has 0 spiro atoms. The molecule has 0 radical (unpaired) electrons. The molecule has 2 aromatic rings. The average Bonchev–Trinajstić information content (AvgIpc) is 3.04. The van der Waals surface area contributed by atoms with E-state index in [1.54, 1.807) is 9.14 Å². The Balaban J connectivity index is 1.81. The summed E-state index contributed by atoms with van der Waals surface area (Å²) in [6.07, 6.45) is 1.24. The van der Waals surface area contributed by atoms with Crippen molar-refractivity contribution < 1.29 is 9.53 Å². The molecule has 0 bridgehead atoms. The summed E-state index contributed by atoms with van der Waals surface area (Å²) in [4.78, 5) is 22.1. The zero-order valence-corrected chi connectivity index (χ0v) is 22.1. The Morgan fingerprint density at radius 1 is 1.13 bits per heavy atom. The molecular formula is C26H35NO2Sn. The number of hydrogen-bond acceptors (Lipinski definition) is 3. The van der Waals surface area contributed by atoms with Crippen LogP contribution in [0.4, 0.5) is 0 Å². The number of ether oxygens (including phenoxy) is 1. The van der Waals surface area contributed by atoms with Crippen molar-refractivity contribution in [3.63, 3.8) is 0 Å². The number of methoxy groups -OCH3 is 1. The van der Waals surface area contributed by atoms with Gasteiger partial charge in [0.05, 0.1) is 0 Å². The molecule has 2 aliphatic rings. The first kappa shape index (κ1) is 21.9. The molecule has 2 unspecified atom stereocenters. The fourth-order valence-corrected chi connectivity index (χ4v) is 11.1. The van der Waals surface area contributed by atoms with Crippen molar-refractivity contribution in [2.75, 3.05) is 26.7 Å². The molecule has 1 saturated heterocycles. The van der Waals surface area contributed by atoms with Gasteiger partial charge in [-0.1, -0.05) is 0 Å². The van der Waals surface area contributed by atoms with E-state index in [1.807, 2.05) is 12.1 Å². The molecular weight excluding hydrogens is 477 g/mol.